The first-order valence-electron chi connectivity index (χ1n) is 10.7. The van der Waals surface area contributed by atoms with Gasteiger partial charge in [0.2, 0.25) is 5.91 Å². The predicted octanol–water partition coefficient (Wildman–Crippen LogP) is 3.52. The molecule has 2 aromatic rings. The first kappa shape index (κ1) is 18.5. The zero-order valence-corrected chi connectivity index (χ0v) is 16.7. The van der Waals surface area contributed by atoms with Gasteiger partial charge in [0.25, 0.3) is 0 Å². The van der Waals surface area contributed by atoms with E-state index in [4.69, 9.17) is 5.73 Å². The quantitative estimate of drug-likeness (QED) is 0.868. The van der Waals surface area contributed by atoms with Crippen molar-refractivity contribution >= 4 is 17.3 Å². The van der Waals surface area contributed by atoms with Crippen LogP contribution in [0.1, 0.15) is 30.4 Å². The number of carbonyl (C=O) groups is 1. The fourth-order valence-electron chi connectivity index (χ4n) is 5.61. The fraction of sp³-hybridized carbons (Fsp3) is 0.458. The largest absolute Gasteiger partial charge is 0.369 e. The summed E-state index contributed by atoms with van der Waals surface area (Å²) >= 11 is 0. The Kier molecular flexibility index (Phi) is 4.49. The van der Waals surface area contributed by atoms with Gasteiger partial charge in [-0.2, -0.15) is 0 Å². The van der Waals surface area contributed by atoms with E-state index in [0.29, 0.717) is 5.92 Å². The lowest BCUT2D eigenvalue weighted by atomic mass is 9.79. The Labute approximate surface area is 171 Å². The van der Waals surface area contributed by atoms with Gasteiger partial charge in [0, 0.05) is 37.6 Å². The minimum atomic E-state index is -0.337. The molecule has 4 nitrogen and oxygen atoms in total. The Morgan fingerprint density at radius 2 is 1.62 bits per heavy atom. The molecule has 2 bridgehead atoms. The molecule has 152 valence electrons. The molecule has 0 radical (unpaired) electrons. The Balaban J connectivity index is 1.33. The number of nitrogens with two attached hydrogens (primary N) is 1. The summed E-state index contributed by atoms with van der Waals surface area (Å²) in [4.78, 5) is 17.0. The first-order chi connectivity index (χ1) is 14.0. The van der Waals surface area contributed by atoms with Crippen LogP contribution in [-0.2, 0) is 17.6 Å². The molecule has 0 aromatic heterocycles. The van der Waals surface area contributed by atoms with Crippen molar-refractivity contribution in [3.05, 3.63) is 59.4 Å². The van der Waals surface area contributed by atoms with Crippen LogP contribution in [0, 0.1) is 17.2 Å². The summed E-state index contributed by atoms with van der Waals surface area (Å²) in [5, 5.41) is 0. The number of anilines is 2. The van der Waals surface area contributed by atoms with Crippen molar-refractivity contribution in [3.8, 4) is 0 Å². The lowest BCUT2D eigenvalue weighted by molar-refractivity contribution is -0.127. The van der Waals surface area contributed by atoms with E-state index < -0.39 is 0 Å². The van der Waals surface area contributed by atoms with E-state index in [2.05, 4.69) is 28.0 Å². The molecule has 2 N–H and O–H groups in total. The van der Waals surface area contributed by atoms with Crippen molar-refractivity contribution in [2.24, 2.45) is 17.1 Å². The number of rotatable bonds is 3. The highest BCUT2D eigenvalue weighted by Crippen LogP contribution is 2.48. The summed E-state index contributed by atoms with van der Waals surface area (Å²) in [7, 11) is 0. The molecule has 1 amide bonds. The minimum Gasteiger partial charge on any atom is -0.369 e. The summed E-state index contributed by atoms with van der Waals surface area (Å²) < 4.78 is 13.2. The molecule has 2 atom stereocenters. The maximum atomic E-state index is 13.2. The van der Waals surface area contributed by atoms with Crippen LogP contribution in [0.3, 0.4) is 0 Å². The van der Waals surface area contributed by atoms with Gasteiger partial charge in [0.1, 0.15) is 5.82 Å². The second kappa shape index (κ2) is 7.05. The molecule has 1 saturated heterocycles. The number of carbonyl (C=O) groups excluding carboxylic acids is 1. The lowest BCUT2D eigenvalue weighted by Crippen LogP contribution is -2.46. The summed E-state index contributed by atoms with van der Waals surface area (Å²) in [5.74, 6) is 0.278. The highest BCUT2D eigenvalue weighted by Gasteiger charge is 2.46. The van der Waals surface area contributed by atoms with Gasteiger partial charge in [-0.15, -0.1) is 0 Å². The third kappa shape index (κ3) is 3.37. The summed E-state index contributed by atoms with van der Waals surface area (Å²) in [6, 6.07) is 13.6. The summed E-state index contributed by atoms with van der Waals surface area (Å²) in [5.41, 5.74) is 10.5. The predicted molar refractivity (Wildman–Crippen MR) is 114 cm³/mol. The zero-order valence-electron chi connectivity index (χ0n) is 16.7. The third-order valence-electron chi connectivity index (χ3n) is 7.30. The molecular weight excluding hydrogens is 365 g/mol. The molecule has 0 spiro atoms. The SMILES string of the molecule is NC(=O)C12CCC(Cc3ccc(N4CCN(c5ccc(F)cc5)CC4)cc3C1)C2. The molecular formula is C24H28FN3O. The molecule has 2 fully saturated rings. The van der Waals surface area contributed by atoms with E-state index in [1.807, 2.05) is 12.1 Å². The van der Waals surface area contributed by atoms with E-state index in [9.17, 15) is 9.18 Å². The smallest absolute Gasteiger partial charge is 0.223 e. The zero-order chi connectivity index (χ0) is 20.0. The Morgan fingerprint density at radius 3 is 2.31 bits per heavy atom. The van der Waals surface area contributed by atoms with E-state index in [1.165, 1.54) is 28.9 Å². The van der Waals surface area contributed by atoms with Crippen LogP contribution in [0.15, 0.2) is 42.5 Å². The van der Waals surface area contributed by atoms with Crippen molar-refractivity contribution in [3.63, 3.8) is 0 Å². The van der Waals surface area contributed by atoms with Crippen LogP contribution < -0.4 is 15.5 Å². The number of hydrogen-bond acceptors (Lipinski definition) is 3. The minimum absolute atomic E-state index is 0.119. The van der Waals surface area contributed by atoms with Gasteiger partial charge in [0.15, 0.2) is 0 Å². The van der Waals surface area contributed by atoms with E-state index in [-0.39, 0.29) is 17.1 Å². The molecule has 2 unspecified atom stereocenters. The van der Waals surface area contributed by atoms with Crippen LogP contribution in [0.25, 0.3) is 0 Å². The topological polar surface area (TPSA) is 49.6 Å². The Hall–Kier alpha value is -2.56. The Morgan fingerprint density at radius 1 is 0.966 bits per heavy atom. The molecule has 1 saturated carbocycles. The van der Waals surface area contributed by atoms with Crippen LogP contribution in [-0.4, -0.2) is 32.1 Å². The number of piperazine rings is 1. The second-order valence-corrected chi connectivity index (χ2v) is 9.04. The molecule has 3 aliphatic rings. The molecule has 2 aromatic carbocycles. The maximum Gasteiger partial charge on any atom is 0.223 e. The Bertz CT molecular complexity index is 920. The summed E-state index contributed by atoms with van der Waals surface area (Å²) in [6.45, 7) is 3.69. The first-order valence-corrected chi connectivity index (χ1v) is 10.7. The second-order valence-electron chi connectivity index (χ2n) is 9.04. The standard InChI is InChI=1S/C24H28FN3O/c25-20-2-5-21(6-3-20)27-9-11-28(12-10-27)22-4-1-18-13-17-7-8-24(15-17,23(26)29)16-19(18)14-22/h1-6,14,17H,7-13,15-16H2,(H2,26,29). The number of halogens is 1. The number of nitrogens with zero attached hydrogens (tertiary/aromatic N) is 2. The van der Waals surface area contributed by atoms with Crippen LogP contribution in [0.4, 0.5) is 15.8 Å². The fourth-order valence-corrected chi connectivity index (χ4v) is 5.61. The number of fused-ring (bicyclic) bond motifs is 3. The molecule has 29 heavy (non-hydrogen) atoms. The van der Waals surface area contributed by atoms with Crippen molar-refractivity contribution in [1.82, 2.24) is 0 Å². The van der Waals surface area contributed by atoms with Gasteiger partial charge >= 0.3 is 0 Å². The summed E-state index contributed by atoms with van der Waals surface area (Å²) in [6.07, 6.45) is 4.87. The van der Waals surface area contributed by atoms with Crippen molar-refractivity contribution in [2.75, 3.05) is 36.0 Å². The van der Waals surface area contributed by atoms with Crippen LogP contribution >= 0.6 is 0 Å². The highest BCUT2D eigenvalue weighted by molar-refractivity contribution is 5.82. The van der Waals surface area contributed by atoms with Gasteiger partial charge in [-0.3, -0.25) is 4.79 Å². The monoisotopic (exact) mass is 393 g/mol. The van der Waals surface area contributed by atoms with E-state index in [1.54, 1.807) is 0 Å². The number of primary amides is 1. The lowest BCUT2D eigenvalue weighted by Gasteiger charge is -2.38. The number of amides is 1. The van der Waals surface area contributed by atoms with E-state index >= 15 is 0 Å². The molecule has 1 aliphatic heterocycles. The van der Waals surface area contributed by atoms with Crippen LogP contribution in [0.2, 0.25) is 0 Å². The highest BCUT2D eigenvalue weighted by atomic mass is 19.1. The van der Waals surface area contributed by atoms with Crippen molar-refractivity contribution < 1.29 is 9.18 Å². The van der Waals surface area contributed by atoms with Gasteiger partial charge < -0.3 is 15.5 Å². The molecule has 1 heterocycles. The third-order valence-corrected chi connectivity index (χ3v) is 7.30. The number of benzene rings is 2. The normalized spacial score (nSPS) is 26.2. The average molecular weight is 394 g/mol. The van der Waals surface area contributed by atoms with Gasteiger partial charge in [-0.25, -0.2) is 4.39 Å². The van der Waals surface area contributed by atoms with Gasteiger partial charge in [0.05, 0.1) is 5.41 Å². The van der Waals surface area contributed by atoms with Crippen molar-refractivity contribution in [1.29, 1.82) is 0 Å². The van der Waals surface area contributed by atoms with Crippen LogP contribution in [0.5, 0.6) is 0 Å². The average Bonchev–Trinajstić information content (AvgIpc) is 3.05. The number of hydrogen-bond donors (Lipinski definition) is 1. The van der Waals surface area contributed by atoms with E-state index in [0.717, 1.165) is 64.0 Å². The molecule has 2 aliphatic carbocycles. The van der Waals surface area contributed by atoms with Gasteiger partial charge in [-0.05, 0) is 85.5 Å². The van der Waals surface area contributed by atoms with Crippen molar-refractivity contribution in [2.45, 2.75) is 32.1 Å². The molecule has 5 rings (SSSR count). The maximum absolute atomic E-state index is 13.2. The molecule has 5 heteroatoms. The van der Waals surface area contributed by atoms with Gasteiger partial charge in [-0.1, -0.05) is 6.07 Å².